The molecule has 0 radical (unpaired) electrons. The highest BCUT2D eigenvalue weighted by Crippen LogP contribution is 2.45. The highest BCUT2D eigenvalue weighted by atomic mass is 35.5. The molecule has 6 aromatic rings. The number of carbonyl (C=O) groups excluding carboxylic acids is 2. The SMILES string of the molecule is C1NCC2CC12.CS(=O)c1ncc(C(=O)NCc2ncccn2)c(NCc2cnc(CO)c(Cl)c2)n1.Cl.O=C(NCc1ncccn1)c1cnc(N2CC3CC3C2)nc1NCc1cnc(CO)c(Cl)c1. The molecule has 70 heavy (non-hydrogen) atoms. The lowest BCUT2D eigenvalue weighted by atomic mass is 10.2. The summed E-state index contributed by atoms with van der Waals surface area (Å²) in [5, 5.41) is 34.3. The van der Waals surface area contributed by atoms with Gasteiger partial charge in [0, 0.05) is 82.0 Å². The van der Waals surface area contributed by atoms with Gasteiger partial charge in [-0.05, 0) is 85.0 Å². The van der Waals surface area contributed by atoms with E-state index in [0.29, 0.717) is 62.5 Å². The quantitative estimate of drug-likeness (QED) is 0.0683. The Morgan fingerprint density at radius 2 is 1.14 bits per heavy atom. The fourth-order valence-electron chi connectivity index (χ4n) is 7.62. The summed E-state index contributed by atoms with van der Waals surface area (Å²) in [4.78, 5) is 69.7. The lowest BCUT2D eigenvalue weighted by Crippen LogP contribution is -2.28. The molecule has 0 aromatic carbocycles. The van der Waals surface area contributed by atoms with Crippen molar-refractivity contribution in [3.05, 3.63) is 129 Å². The summed E-state index contributed by atoms with van der Waals surface area (Å²) in [6, 6.07) is 6.78. The van der Waals surface area contributed by atoms with Gasteiger partial charge < -0.3 is 41.7 Å². The van der Waals surface area contributed by atoms with Gasteiger partial charge in [0.15, 0.2) is 0 Å². The predicted octanol–water partition coefficient (Wildman–Crippen LogP) is 3.54. The van der Waals surface area contributed by atoms with Gasteiger partial charge in [0.05, 0.1) is 58.5 Å². The molecule has 2 saturated carbocycles. The number of hydrogen-bond donors (Lipinski definition) is 7. The predicted molar refractivity (Wildman–Crippen MR) is 263 cm³/mol. The number of nitrogens with one attached hydrogen (secondary N) is 5. The topological polar surface area (TPSA) is 284 Å². The van der Waals surface area contributed by atoms with E-state index in [1.165, 1.54) is 38.4 Å². The van der Waals surface area contributed by atoms with Crippen LogP contribution in [0.25, 0.3) is 0 Å². The smallest absolute Gasteiger partial charge is 0.256 e. The zero-order valence-corrected chi connectivity index (χ0v) is 41.0. The van der Waals surface area contributed by atoms with Gasteiger partial charge in [-0.3, -0.25) is 23.8 Å². The van der Waals surface area contributed by atoms with Gasteiger partial charge in [0.2, 0.25) is 11.1 Å². The van der Waals surface area contributed by atoms with Gasteiger partial charge in [-0.15, -0.1) is 12.4 Å². The van der Waals surface area contributed by atoms with Crippen molar-refractivity contribution in [3.8, 4) is 0 Å². The van der Waals surface area contributed by atoms with E-state index in [0.717, 1.165) is 42.3 Å². The van der Waals surface area contributed by atoms with Gasteiger partial charge in [-0.25, -0.2) is 34.9 Å². The molecule has 8 heterocycles. The molecule has 2 amide bonds. The van der Waals surface area contributed by atoms with Crippen LogP contribution in [0.3, 0.4) is 0 Å². The third kappa shape index (κ3) is 14.0. The van der Waals surface area contributed by atoms with Crippen molar-refractivity contribution in [2.75, 3.05) is 48.0 Å². The van der Waals surface area contributed by atoms with E-state index >= 15 is 0 Å². The minimum absolute atomic E-state index is 0. The molecule has 2 saturated heterocycles. The standard InChI is InChI=1S/C22H23ClN8O2.C18H18ClN7O3S.C5H9N.ClH/c23-17-4-13(6-26-18(17)12-32)7-27-20-16(21(33)28-9-19-24-2-1-3-25-19)8-29-22(30-20)31-10-14-5-15(14)11-31;1-30(29)18-25-8-12(17(28)24-9-15-20-3-2-4-21-15)16(26-18)23-7-11-5-13(19)14(10-27)22-6-11;1-4-2-6-3-5(1)4;/h1-4,6,8,14-15,32H,5,7,9-12H2,(H,28,33)(H,27,29,30);2-6,8,27H,7,9-10H2,1H3,(H,24,28)(H,23,25,26);4-6H,1-3H2;1H. The molecule has 4 fully saturated rings. The van der Waals surface area contributed by atoms with Crippen molar-refractivity contribution in [3.63, 3.8) is 0 Å². The first-order valence-corrected chi connectivity index (χ1v) is 24.4. The van der Waals surface area contributed by atoms with Crippen LogP contribution in [-0.4, -0.2) is 109 Å². The molecule has 4 aliphatic rings. The lowest BCUT2D eigenvalue weighted by Gasteiger charge is -2.20. The molecule has 5 atom stereocenters. The third-order valence-electron chi connectivity index (χ3n) is 11.7. The van der Waals surface area contributed by atoms with E-state index < -0.39 is 16.7 Å². The number of rotatable bonds is 16. The molecule has 25 heteroatoms. The molecule has 10 rings (SSSR count). The minimum atomic E-state index is -1.43. The van der Waals surface area contributed by atoms with Crippen LogP contribution in [0, 0.1) is 23.7 Å². The maximum atomic E-state index is 12.9. The van der Waals surface area contributed by atoms with E-state index in [2.05, 4.69) is 81.3 Å². The van der Waals surface area contributed by atoms with Crippen LogP contribution >= 0.6 is 35.6 Å². The number of fused-ring (bicyclic) bond motifs is 2. The first-order valence-electron chi connectivity index (χ1n) is 22.1. The highest BCUT2D eigenvalue weighted by Gasteiger charge is 2.46. The summed E-state index contributed by atoms with van der Waals surface area (Å²) in [6.45, 7) is 4.94. The third-order valence-corrected chi connectivity index (χ3v) is 13.0. The Labute approximate surface area is 421 Å². The average Bonchev–Trinajstić information content (AvgIpc) is 4.21. The largest absolute Gasteiger partial charge is 0.390 e. The van der Waals surface area contributed by atoms with Crippen LogP contribution in [0.2, 0.25) is 10.0 Å². The molecule has 0 spiro atoms. The van der Waals surface area contributed by atoms with Gasteiger partial charge in [-0.2, -0.15) is 4.98 Å². The second-order valence-electron chi connectivity index (χ2n) is 16.6. The van der Waals surface area contributed by atoms with Crippen molar-refractivity contribution < 1.29 is 24.0 Å². The van der Waals surface area contributed by atoms with Crippen LogP contribution in [0.5, 0.6) is 0 Å². The Balaban J connectivity index is 0.000000181. The maximum Gasteiger partial charge on any atom is 0.256 e. The van der Waals surface area contributed by atoms with E-state index in [-0.39, 0.29) is 67.7 Å². The summed E-state index contributed by atoms with van der Waals surface area (Å²) >= 11 is 12.2. The number of anilines is 3. The number of nitrogens with zero attached hydrogens (tertiary/aromatic N) is 11. The van der Waals surface area contributed by atoms with Crippen molar-refractivity contribution in [1.82, 2.24) is 65.8 Å². The van der Waals surface area contributed by atoms with Crippen molar-refractivity contribution in [2.24, 2.45) is 23.7 Å². The second kappa shape index (κ2) is 24.6. The Morgan fingerprint density at radius 3 is 1.57 bits per heavy atom. The fourth-order valence-corrected chi connectivity index (χ4v) is 8.54. The number of carbonyl (C=O) groups is 2. The monoisotopic (exact) mass is 1030 g/mol. The number of hydrogen-bond acceptors (Lipinski definition) is 19. The summed E-state index contributed by atoms with van der Waals surface area (Å²) < 4.78 is 11.8. The number of aromatic nitrogens is 10. The highest BCUT2D eigenvalue weighted by molar-refractivity contribution is 7.84. The number of pyridine rings is 2. The maximum absolute atomic E-state index is 12.9. The molecule has 6 aromatic heterocycles. The minimum Gasteiger partial charge on any atom is -0.390 e. The molecule has 0 bridgehead atoms. The van der Waals surface area contributed by atoms with Crippen molar-refractivity contribution in [1.29, 1.82) is 0 Å². The molecular formula is C45H51Cl3N16O5S. The van der Waals surface area contributed by atoms with E-state index in [1.54, 1.807) is 67.6 Å². The Bertz CT molecular complexity index is 2760. The number of aliphatic hydroxyl groups excluding tert-OH is 2. The zero-order valence-electron chi connectivity index (χ0n) is 37.8. The molecule has 368 valence electrons. The molecule has 21 nitrogen and oxygen atoms in total. The van der Waals surface area contributed by atoms with Crippen molar-refractivity contribution in [2.45, 2.75) is 57.4 Å². The molecule has 2 aliphatic heterocycles. The van der Waals surface area contributed by atoms with Gasteiger partial charge in [0.1, 0.15) is 34.4 Å². The summed E-state index contributed by atoms with van der Waals surface area (Å²) in [5.74, 6) is 5.12. The second-order valence-corrected chi connectivity index (χ2v) is 18.7. The van der Waals surface area contributed by atoms with Gasteiger partial charge >= 0.3 is 0 Å². The summed E-state index contributed by atoms with van der Waals surface area (Å²) in [7, 11) is -1.43. The van der Waals surface area contributed by atoms with E-state index in [9.17, 15) is 18.9 Å². The normalized spacial score (nSPS) is 18.3. The van der Waals surface area contributed by atoms with Crippen LogP contribution in [0.1, 0.15) is 67.7 Å². The number of piperidine rings is 2. The summed E-state index contributed by atoms with van der Waals surface area (Å²) in [5.41, 5.74) is 2.79. The number of amides is 2. The lowest BCUT2D eigenvalue weighted by molar-refractivity contribution is 0.0941. The zero-order chi connectivity index (χ0) is 48.3. The van der Waals surface area contributed by atoms with Crippen LogP contribution in [0.15, 0.2) is 79.0 Å². The van der Waals surface area contributed by atoms with Gasteiger partial charge in [-0.1, -0.05) is 23.2 Å². The van der Waals surface area contributed by atoms with Crippen LogP contribution < -0.4 is 31.5 Å². The number of aliphatic hydroxyl groups is 2. The average molecular weight is 1030 g/mol. The first-order chi connectivity index (χ1) is 33.5. The first kappa shape index (κ1) is 51.7. The fraction of sp³-hybridized carbons (Fsp3) is 0.378. The van der Waals surface area contributed by atoms with E-state index in [4.69, 9.17) is 28.3 Å². The summed E-state index contributed by atoms with van der Waals surface area (Å²) in [6.07, 6.45) is 16.7. The molecular weight excluding hydrogens is 983 g/mol. The van der Waals surface area contributed by atoms with Crippen molar-refractivity contribution >= 4 is 75.8 Å². The Kier molecular flexibility index (Phi) is 18.2. The molecule has 7 N–H and O–H groups in total. The molecule has 2 aliphatic carbocycles. The van der Waals surface area contributed by atoms with E-state index in [1.807, 2.05) is 0 Å². The molecule has 5 unspecified atom stereocenters. The van der Waals surface area contributed by atoms with Crippen LogP contribution in [-0.2, 0) is 50.2 Å². The Morgan fingerprint density at radius 1 is 0.671 bits per heavy atom. The number of halogens is 3. The van der Waals surface area contributed by atoms with Gasteiger partial charge in [0.25, 0.3) is 11.8 Å². The van der Waals surface area contributed by atoms with Crippen LogP contribution in [0.4, 0.5) is 17.6 Å². The Hall–Kier alpha value is -6.14.